The van der Waals surface area contributed by atoms with E-state index in [0.717, 1.165) is 12.0 Å². The maximum Gasteiger partial charge on any atom is 0.157 e. The first-order chi connectivity index (χ1) is 11.0. The van der Waals surface area contributed by atoms with Crippen LogP contribution in [0.2, 0.25) is 0 Å². The smallest absolute Gasteiger partial charge is 0.157 e. The van der Waals surface area contributed by atoms with E-state index in [4.69, 9.17) is 0 Å². The molecule has 0 radical (unpaired) electrons. The monoisotopic (exact) mass is 330 g/mol. The number of aliphatic hydroxyl groups excluding tert-OH is 1. The lowest BCUT2D eigenvalue weighted by atomic mass is 10.0. The molecule has 23 heavy (non-hydrogen) atoms. The van der Waals surface area contributed by atoms with Gasteiger partial charge in [0.25, 0.3) is 0 Å². The largest absolute Gasteiger partial charge is 0.393 e. The Labute approximate surface area is 137 Å². The first-order valence-corrected chi connectivity index (χ1v) is 9.76. The van der Waals surface area contributed by atoms with Gasteiger partial charge in [-0.1, -0.05) is 54.6 Å². The molecule has 0 aliphatic heterocycles. The summed E-state index contributed by atoms with van der Waals surface area (Å²) in [6.07, 6.45) is 1.95. The molecule has 2 aromatic rings. The Morgan fingerprint density at radius 3 is 2.09 bits per heavy atom. The van der Waals surface area contributed by atoms with Gasteiger partial charge in [0.2, 0.25) is 0 Å². The van der Waals surface area contributed by atoms with Gasteiger partial charge in [0.15, 0.2) is 9.84 Å². The van der Waals surface area contributed by atoms with Crippen molar-refractivity contribution >= 4 is 9.84 Å². The fourth-order valence-electron chi connectivity index (χ4n) is 3.18. The highest BCUT2D eigenvalue weighted by Gasteiger charge is 2.33. The lowest BCUT2D eigenvalue weighted by molar-refractivity contribution is 0.183. The van der Waals surface area contributed by atoms with Crippen LogP contribution < -0.4 is 0 Å². The highest BCUT2D eigenvalue weighted by Crippen LogP contribution is 2.27. The highest BCUT2D eigenvalue weighted by molar-refractivity contribution is 7.91. The molecule has 2 aromatic carbocycles. The second-order valence-corrected chi connectivity index (χ2v) is 8.66. The SMILES string of the molecule is O=S(=O)(Cc1ccc(Cc2ccccc2)cc1)C1CCC(O)C1. The molecular formula is C19H22O3S. The third kappa shape index (κ3) is 4.21. The zero-order chi connectivity index (χ0) is 16.3. The van der Waals surface area contributed by atoms with Crippen molar-refractivity contribution in [1.29, 1.82) is 0 Å². The summed E-state index contributed by atoms with van der Waals surface area (Å²) < 4.78 is 24.8. The molecule has 4 heteroatoms. The fourth-order valence-corrected chi connectivity index (χ4v) is 5.08. The average molecular weight is 330 g/mol. The molecular weight excluding hydrogens is 308 g/mol. The summed E-state index contributed by atoms with van der Waals surface area (Å²) in [6, 6.07) is 18.0. The quantitative estimate of drug-likeness (QED) is 0.916. The van der Waals surface area contributed by atoms with Crippen LogP contribution in [0.3, 0.4) is 0 Å². The van der Waals surface area contributed by atoms with E-state index >= 15 is 0 Å². The van der Waals surface area contributed by atoms with E-state index in [-0.39, 0.29) is 11.0 Å². The van der Waals surface area contributed by atoms with E-state index in [9.17, 15) is 13.5 Å². The predicted octanol–water partition coefficient (Wildman–Crippen LogP) is 3.11. The molecule has 0 aromatic heterocycles. The van der Waals surface area contributed by atoms with Gasteiger partial charge >= 0.3 is 0 Å². The van der Waals surface area contributed by atoms with Crippen molar-refractivity contribution in [3.05, 3.63) is 71.3 Å². The Kier molecular flexibility index (Phi) is 4.83. The Bertz CT molecular complexity index is 736. The molecule has 1 saturated carbocycles. The van der Waals surface area contributed by atoms with Gasteiger partial charge in [-0.05, 0) is 42.4 Å². The molecule has 122 valence electrons. The summed E-state index contributed by atoms with van der Waals surface area (Å²) in [6.45, 7) is 0. The van der Waals surface area contributed by atoms with Crippen LogP contribution in [0.4, 0.5) is 0 Å². The number of hydrogen-bond donors (Lipinski definition) is 1. The third-order valence-electron chi connectivity index (χ3n) is 4.51. The predicted molar refractivity (Wildman–Crippen MR) is 92.0 cm³/mol. The summed E-state index contributed by atoms with van der Waals surface area (Å²) in [5.74, 6) is 0.0655. The van der Waals surface area contributed by atoms with E-state index in [2.05, 4.69) is 12.1 Å². The highest BCUT2D eigenvalue weighted by atomic mass is 32.2. The number of hydrogen-bond acceptors (Lipinski definition) is 3. The maximum absolute atomic E-state index is 12.4. The Morgan fingerprint density at radius 2 is 1.48 bits per heavy atom. The maximum atomic E-state index is 12.4. The van der Waals surface area contributed by atoms with Gasteiger partial charge in [0, 0.05) is 0 Å². The van der Waals surface area contributed by atoms with Gasteiger partial charge in [-0.15, -0.1) is 0 Å². The van der Waals surface area contributed by atoms with E-state index < -0.39 is 15.9 Å². The first kappa shape index (κ1) is 16.2. The molecule has 0 bridgehead atoms. The molecule has 0 saturated heterocycles. The molecule has 3 rings (SSSR count). The topological polar surface area (TPSA) is 54.4 Å². The molecule has 2 atom stereocenters. The standard InChI is InChI=1S/C19H22O3S/c20-18-10-11-19(13-18)23(21,22)14-17-8-6-16(7-9-17)12-15-4-2-1-3-5-15/h1-9,18-20H,10-14H2. The van der Waals surface area contributed by atoms with Crippen molar-refractivity contribution in [1.82, 2.24) is 0 Å². The summed E-state index contributed by atoms with van der Waals surface area (Å²) in [5.41, 5.74) is 3.24. The summed E-state index contributed by atoms with van der Waals surface area (Å²) in [5, 5.41) is 9.15. The van der Waals surface area contributed by atoms with Crippen LogP contribution in [0, 0.1) is 0 Å². The second kappa shape index (κ2) is 6.85. The molecule has 1 fully saturated rings. The van der Waals surface area contributed by atoms with Crippen LogP contribution in [-0.4, -0.2) is 24.9 Å². The van der Waals surface area contributed by atoms with Crippen molar-refractivity contribution in [2.75, 3.05) is 0 Å². The van der Waals surface area contributed by atoms with E-state index in [1.807, 2.05) is 42.5 Å². The average Bonchev–Trinajstić information content (AvgIpc) is 2.98. The number of sulfone groups is 1. The Balaban J connectivity index is 1.65. The van der Waals surface area contributed by atoms with Gasteiger partial charge in [0.05, 0.1) is 17.1 Å². The van der Waals surface area contributed by atoms with Crippen molar-refractivity contribution in [3.63, 3.8) is 0 Å². The lowest BCUT2D eigenvalue weighted by Gasteiger charge is -2.11. The van der Waals surface area contributed by atoms with Crippen molar-refractivity contribution in [2.45, 2.75) is 42.8 Å². The van der Waals surface area contributed by atoms with Crippen LogP contribution in [0.15, 0.2) is 54.6 Å². The zero-order valence-corrected chi connectivity index (χ0v) is 13.9. The minimum atomic E-state index is -3.18. The molecule has 1 N–H and O–H groups in total. The Hall–Kier alpha value is -1.65. The summed E-state index contributed by atoms with van der Waals surface area (Å²) >= 11 is 0. The van der Waals surface area contributed by atoms with Crippen LogP contribution in [0.5, 0.6) is 0 Å². The number of rotatable bonds is 5. The van der Waals surface area contributed by atoms with E-state index in [1.54, 1.807) is 0 Å². The first-order valence-electron chi connectivity index (χ1n) is 8.04. The molecule has 0 heterocycles. The van der Waals surface area contributed by atoms with E-state index in [0.29, 0.717) is 19.3 Å². The molecule has 0 amide bonds. The van der Waals surface area contributed by atoms with Gasteiger partial charge in [-0.25, -0.2) is 8.42 Å². The number of benzene rings is 2. The molecule has 1 aliphatic rings. The molecule has 0 spiro atoms. The normalized spacial score (nSPS) is 21.4. The second-order valence-electron chi connectivity index (χ2n) is 6.37. The van der Waals surface area contributed by atoms with Gasteiger partial charge in [0.1, 0.15) is 0 Å². The van der Waals surface area contributed by atoms with Crippen LogP contribution in [-0.2, 0) is 22.0 Å². The minimum Gasteiger partial charge on any atom is -0.393 e. The lowest BCUT2D eigenvalue weighted by Crippen LogP contribution is -2.20. The van der Waals surface area contributed by atoms with Crippen LogP contribution >= 0.6 is 0 Å². The molecule has 3 nitrogen and oxygen atoms in total. The molecule has 1 aliphatic carbocycles. The zero-order valence-electron chi connectivity index (χ0n) is 13.1. The van der Waals surface area contributed by atoms with Gasteiger partial charge in [-0.3, -0.25) is 0 Å². The van der Waals surface area contributed by atoms with Crippen molar-refractivity contribution in [3.8, 4) is 0 Å². The Morgan fingerprint density at radius 1 is 0.870 bits per heavy atom. The summed E-state index contributed by atoms with van der Waals surface area (Å²) in [7, 11) is -3.18. The van der Waals surface area contributed by atoms with Gasteiger partial charge in [-0.2, -0.15) is 0 Å². The molecule has 2 unspecified atom stereocenters. The van der Waals surface area contributed by atoms with Gasteiger partial charge < -0.3 is 5.11 Å². The van der Waals surface area contributed by atoms with Crippen LogP contribution in [0.1, 0.15) is 36.0 Å². The van der Waals surface area contributed by atoms with Crippen molar-refractivity contribution < 1.29 is 13.5 Å². The fraction of sp³-hybridized carbons (Fsp3) is 0.368. The van der Waals surface area contributed by atoms with E-state index in [1.165, 1.54) is 11.1 Å². The number of aliphatic hydroxyl groups is 1. The summed E-state index contributed by atoms with van der Waals surface area (Å²) in [4.78, 5) is 0. The third-order valence-corrected chi connectivity index (χ3v) is 6.69. The van der Waals surface area contributed by atoms with Crippen LogP contribution in [0.25, 0.3) is 0 Å². The minimum absolute atomic E-state index is 0.0655. The van der Waals surface area contributed by atoms with Crippen molar-refractivity contribution in [2.24, 2.45) is 0 Å².